The van der Waals surface area contributed by atoms with Crippen LogP contribution in [0.25, 0.3) is 0 Å². The highest BCUT2D eigenvalue weighted by Crippen LogP contribution is 2.34. The third-order valence-electron chi connectivity index (χ3n) is 2.45. The monoisotopic (exact) mass is 162 g/mol. The largest absolute Gasteiger partial charge is 0.365 e. The molecule has 0 bridgehead atoms. The average Bonchev–Trinajstić information content (AvgIpc) is 2.89. The smallest absolute Gasteiger partial charge is 0.103 e. The second-order valence-corrected chi connectivity index (χ2v) is 3.34. The van der Waals surface area contributed by atoms with Crippen molar-refractivity contribution in [2.45, 2.75) is 25.0 Å². The quantitative estimate of drug-likeness (QED) is 0.449. The highest BCUT2D eigenvalue weighted by Gasteiger charge is 2.40. The Morgan fingerprint density at radius 2 is 2.25 bits per heavy atom. The number of allylic oxidation sites excluding steroid dienone is 3. The van der Waals surface area contributed by atoms with Gasteiger partial charge in [-0.05, 0) is 12.8 Å². The van der Waals surface area contributed by atoms with E-state index in [-0.39, 0.29) is 0 Å². The molecule has 1 aliphatic carbocycles. The van der Waals surface area contributed by atoms with Crippen LogP contribution in [-0.2, 0) is 4.74 Å². The van der Waals surface area contributed by atoms with Crippen molar-refractivity contribution in [3.8, 4) is 0 Å². The van der Waals surface area contributed by atoms with Crippen LogP contribution < -0.4 is 0 Å². The Kier molecular flexibility index (Phi) is 2.13. The Balaban J connectivity index is 1.95. The minimum absolute atomic E-state index is 0.311. The molecule has 0 aromatic rings. The molecule has 2 unspecified atom stereocenters. The lowest BCUT2D eigenvalue weighted by Gasteiger charge is -2.03. The molecule has 0 N–H and O–H groups in total. The van der Waals surface area contributed by atoms with E-state index in [4.69, 9.17) is 4.74 Å². The molecular formula is C11H14O. The first kappa shape index (κ1) is 7.81. The Hall–Kier alpha value is -0.820. The fraction of sp³-hybridized carbons (Fsp3) is 0.455. The van der Waals surface area contributed by atoms with E-state index in [1.54, 1.807) is 0 Å². The van der Waals surface area contributed by atoms with Gasteiger partial charge < -0.3 is 4.74 Å². The number of hydrogen-bond donors (Lipinski definition) is 0. The molecule has 1 heterocycles. The Labute approximate surface area is 73.4 Å². The van der Waals surface area contributed by atoms with E-state index in [1.807, 2.05) is 6.08 Å². The second kappa shape index (κ2) is 3.28. The van der Waals surface area contributed by atoms with Crippen molar-refractivity contribution < 1.29 is 4.74 Å². The topological polar surface area (TPSA) is 12.5 Å². The van der Waals surface area contributed by atoms with Gasteiger partial charge in [0.25, 0.3) is 0 Å². The van der Waals surface area contributed by atoms with Crippen LogP contribution >= 0.6 is 0 Å². The molecule has 1 fully saturated rings. The Morgan fingerprint density at radius 1 is 1.33 bits per heavy atom. The van der Waals surface area contributed by atoms with Gasteiger partial charge in [-0.1, -0.05) is 30.4 Å². The molecule has 1 aliphatic heterocycles. The molecule has 0 saturated carbocycles. The van der Waals surface area contributed by atoms with Gasteiger partial charge in [0, 0.05) is 5.92 Å². The van der Waals surface area contributed by atoms with Gasteiger partial charge in [-0.3, -0.25) is 0 Å². The molecule has 2 rings (SSSR count). The van der Waals surface area contributed by atoms with Crippen LogP contribution in [0.4, 0.5) is 0 Å². The summed E-state index contributed by atoms with van der Waals surface area (Å²) in [6.07, 6.45) is 13.7. The zero-order valence-corrected chi connectivity index (χ0v) is 7.15. The molecular weight excluding hydrogens is 148 g/mol. The van der Waals surface area contributed by atoms with Crippen molar-refractivity contribution in [3.05, 3.63) is 37.0 Å². The molecule has 0 spiro atoms. The first-order chi connectivity index (χ1) is 5.92. The summed E-state index contributed by atoms with van der Waals surface area (Å²) >= 11 is 0. The number of ether oxygens (including phenoxy) is 1. The lowest BCUT2D eigenvalue weighted by atomic mass is 9.99. The van der Waals surface area contributed by atoms with E-state index in [0.717, 1.165) is 12.8 Å². The van der Waals surface area contributed by atoms with Crippen LogP contribution in [0.2, 0.25) is 0 Å². The maximum Gasteiger partial charge on any atom is 0.103 e. The Bertz CT molecular complexity index is 227. The van der Waals surface area contributed by atoms with Crippen molar-refractivity contribution >= 4 is 0 Å². The normalized spacial score (nSPS) is 39.2. The van der Waals surface area contributed by atoms with Crippen LogP contribution in [0.3, 0.4) is 0 Å². The van der Waals surface area contributed by atoms with Crippen LogP contribution in [0.15, 0.2) is 37.0 Å². The molecule has 64 valence electrons. The summed E-state index contributed by atoms with van der Waals surface area (Å²) in [5.41, 5.74) is 0. The fourth-order valence-corrected chi connectivity index (χ4v) is 1.67. The molecule has 3 atom stereocenters. The zero-order valence-electron chi connectivity index (χ0n) is 7.15. The lowest BCUT2D eigenvalue weighted by molar-refractivity contribution is 0.350. The van der Waals surface area contributed by atoms with Crippen LogP contribution in [0, 0.1) is 5.92 Å². The van der Waals surface area contributed by atoms with Crippen LogP contribution in [0.1, 0.15) is 12.8 Å². The molecule has 0 aromatic carbocycles. The van der Waals surface area contributed by atoms with Gasteiger partial charge in [-0.2, -0.15) is 0 Å². The van der Waals surface area contributed by atoms with E-state index in [1.165, 1.54) is 0 Å². The van der Waals surface area contributed by atoms with Crippen LogP contribution in [0.5, 0.6) is 0 Å². The van der Waals surface area contributed by atoms with E-state index >= 15 is 0 Å². The van der Waals surface area contributed by atoms with Gasteiger partial charge >= 0.3 is 0 Å². The van der Waals surface area contributed by atoms with Gasteiger partial charge in [0.05, 0.1) is 6.10 Å². The average molecular weight is 162 g/mol. The number of hydrogen-bond acceptors (Lipinski definition) is 1. The summed E-state index contributed by atoms with van der Waals surface area (Å²) < 4.78 is 5.46. The number of epoxide rings is 1. The first-order valence-electron chi connectivity index (χ1n) is 4.51. The number of rotatable bonds is 2. The summed E-state index contributed by atoms with van der Waals surface area (Å²) in [6.45, 7) is 3.72. The fourth-order valence-electron chi connectivity index (χ4n) is 1.67. The second-order valence-electron chi connectivity index (χ2n) is 3.34. The van der Waals surface area contributed by atoms with E-state index in [2.05, 4.69) is 30.9 Å². The predicted octanol–water partition coefficient (Wildman–Crippen LogP) is 2.46. The van der Waals surface area contributed by atoms with Crippen molar-refractivity contribution in [1.29, 1.82) is 0 Å². The maximum absolute atomic E-state index is 5.46. The zero-order chi connectivity index (χ0) is 8.39. The third-order valence-corrected chi connectivity index (χ3v) is 2.45. The minimum atomic E-state index is 0.311. The summed E-state index contributed by atoms with van der Waals surface area (Å²) in [4.78, 5) is 0. The van der Waals surface area contributed by atoms with Gasteiger partial charge in [-0.15, -0.1) is 6.58 Å². The van der Waals surface area contributed by atoms with E-state index in [9.17, 15) is 0 Å². The molecule has 0 amide bonds. The van der Waals surface area contributed by atoms with Gasteiger partial charge in [0.1, 0.15) is 6.10 Å². The molecule has 1 heteroatoms. The molecule has 1 nitrogen and oxygen atoms in total. The predicted molar refractivity (Wildman–Crippen MR) is 49.9 cm³/mol. The minimum Gasteiger partial charge on any atom is -0.365 e. The van der Waals surface area contributed by atoms with Gasteiger partial charge in [0.2, 0.25) is 0 Å². The summed E-state index contributed by atoms with van der Waals surface area (Å²) in [5.74, 6) is 0.576. The van der Waals surface area contributed by atoms with Crippen molar-refractivity contribution in [1.82, 2.24) is 0 Å². The SMILES string of the molecule is C=CC1OC1[C@H]1C=CCC=CC1. The maximum atomic E-state index is 5.46. The van der Waals surface area contributed by atoms with Crippen molar-refractivity contribution in [2.24, 2.45) is 5.92 Å². The summed E-state index contributed by atoms with van der Waals surface area (Å²) in [6, 6.07) is 0. The van der Waals surface area contributed by atoms with Crippen LogP contribution in [-0.4, -0.2) is 12.2 Å². The van der Waals surface area contributed by atoms with E-state index in [0.29, 0.717) is 18.1 Å². The van der Waals surface area contributed by atoms with Gasteiger partial charge in [0.15, 0.2) is 0 Å². The lowest BCUT2D eigenvalue weighted by Crippen LogP contribution is -2.05. The third kappa shape index (κ3) is 1.51. The standard InChI is InChI=1S/C11H14O/c1-2-10-11(12-10)9-7-5-3-4-6-8-9/h2-3,5-6,8-11H,1,4,7H2/t9-,10?,11?/m1/s1. The highest BCUT2D eigenvalue weighted by molar-refractivity contribution is 5.11. The Morgan fingerprint density at radius 3 is 3.00 bits per heavy atom. The highest BCUT2D eigenvalue weighted by atomic mass is 16.6. The first-order valence-corrected chi connectivity index (χ1v) is 4.51. The van der Waals surface area contributed by atoms with Gasteiger partial charge in [-0.25, -0.2) is 0 Å². The molecule has 0 radical (unpaired) electrons. The molecule has 1 saturated heterocycles. The summed E-state index contributed by atoms with van der Waals surface area (Å²) in [5, 5.41) is 0. The molecule has 2 aliphatic rings. The van der Waals surface area contributed by atoms with Crippen molar-refractivity contribution in [3.63, 3.8) is 0 Å². The van der Waals surface area contributed by atoms with Crippen molar-refractivity contribution in [2.75, 3.05) is 0 Å². The van der Waals surface area contributed by atoms with E-state index < -0.39 is 0 Å². The summed E-state index contributed by atoms with van der Waals surface area (Å²) in [7, 11) is 0. The molecule has 0 aromatic heterocycles. The molecule has 12 heavy (non-hydrogen) atoms.